The molecule has 0 unspecified atom stereocenters. The van der Waals surface area contributed by atoms with Crippen LogP contribution in [0.5, 0.6) is 0 Å². The van der Waals surface area contributed by atoms with Gasteiger partial charge in [-0.15, -0.1) is 0 Å². The summed E-state index contributed by atoms with van der Waals surface area (Å²) in [7, 11) is 0. The molecule has 0 heterocycles. The Morgan fingerprint density at radius 1 is 1.00 bits per heavy atom. The van der Waals surface area contributed by atoms with Gasteiger partial charge in [0, 0.05) is 31.5 Å². The molecule has 0 radical (unpaired) electrons. The zero-order chi connectivity index (χ0) is 14.5. The van der Waals surface area contributed by atoms with E-state index in [2.05, 4.69) is 10.6 Å². The molecular formula is C16H18N2O2. The Morgan fingerprint density at radius 3 is 2.35 bits per heavy atom. The molecule has 2 aromatic rings. The van der Waals surface area contributed by atoms with Gasteiger partial charge in [0.15, 0.2) is 0 Å². The van der Waals surface area contributed by atoms with E-state index >= 15 is 0 Å². The quantitative estimate of drug-likeness (QED) is 0.896. The molecule has 2 amide bonds. The van der Waals surface area contributed by atoms with Crippen LogP contribution in [-0.2, 0) is 16.0 Å². The molecule has 0 atom stereocenters. The molecule has 2 rings (SSSR count). The lowest BCUT2D eigenvalue weighted by atomic mass is 10.0. The van der Waals surface area contributed by atoms with Crippen molar-refractivity contribution in [3.63, 3.8) is 0 Å². The average molecular weight is 270 g/mol. The lowest BCUT2D eigenvalue weighted by Gasteiger charge is -2.12. The molecule has 0 aromatic heterocycles. The first kappa shape index (κ1) is 14.1. The summed E-state index contributed by atoms with van der Waals surface area (Å²) >= 11 is 0. The second-order valence-electron chi connectivity index (χ2n) is 4.73. The van der Waals surface area contributed by atoms with Gasteiger partial charge >= 0.3 is 0 Å². The third kappa shape index (κ3) is 3.35. The van der Waals surface area contributed by atoms with Gasteiger partial charge < -0.3 is 10.6 Å². The molecule has 0 bridgehead atoms. The van der Waals surface area contributed by atoms with E-state index in [-0.39, 0.29) is 11.8 Å². The van der Waals surface area contributed by atoms with E-state index in [1.54, 1.807) is 0 Å². The van der Waals surface area contributed by atoms with Crippen LogP contribution in [0, 0.1) is 0 Å². The van der Waals surface area contributed by atoms with Crippen LogP contribution in [-0.4, -0.2) is 18.4 Å². The van der Waals surface area contributed by atoms with E-state index in [9.17, 15) is 9.59 Å². The lowest BCUT2D eigenvalue weighted by Crippen LogP contribution is -2.22. The maximum atomic E-state index is 11.3. The summed E-state index contributed by atoms with van der Waals surface area (Å²) in [6.45, 7) is 3.59. The molecule has 0 saturated carbocycles. The fourth-order valence-corrected chi connectivity index (χ4v) is 2.29. The van der Waals surface area contributed by atoms with Crippen molar-refractivity contribution >= 4 is 28.3 Å². The Bertz CT molecular complexity index is 645. The molecule has 4 nitrogen and oxygen atoms in total. The number of anilines is 1. The Balaban J connectivity index is 2.37. The van der Waals surface area contributed by atoms with E-state index < -0.39 is 0 Å². The number of carbonyl (C=O) groups excluding carboxylic acids is 2. The van der Waals surface area contributed by atoms with Crippen molar-refractivity contribution in [1.82, 2.24) is 5.32 Å². The fourth-order valence-electron chi connectivity index (χ4n) is 2.29. The van der Waals surface area contributed by atoms with E-state index in [0.29, 0.717) is 6.54 Å². The first-order chi connectivity index (χ1) is 9.58. The first-order valence-corrected chi connectivity index (χ1v) is 6.60. The van der Waals surface area contributed by atoms with Gasteiger partial charge in [0.2, 0.25) is 11.8 Å². The summed E-state index contributed by atoms with van der Waals surface area (Å²) in [6.07, 6.45) is 0.730. The number of amides is 2. The van der Waals surface area contributed by atoms with Gasteiger partial charge in [-0.3, -0.25) is 9.59 Å². The molecule has 0 aliphatic heterocycles. The zero-order valence-corrected chi connectivity index (χ0v) is 11.7. The smallest absolute Gasteiger partial charge is 0.221 e. The van der Waals surface area contributed by atoms with Crippen LogP contribution in [0.15, 0.2) is 36.4 Å². The van der Waals surface area contributed by atoms with Crippen molar-refractivity contribution in [2.45, 2.75) is 20.3 Å². The molecule has 2 N–H and O–H groups in total. The normalized spacial score (nSPS) is 10.3. The summed E-state index contributed by atoms with van der Waals surface area (Å²) in [5.41, 5.74) is 1.93. The SMILES string of the molecule is CC(=O)NCCc1cccc2cccc(NC(C)=O)c12. The average Bonchev–Trinajstić information content (AvgIpc) is 2.38. The number of fused-ring (bicyclic) bond motifs is 1. The van der Waals surface area contributed by atoms with Crippen LogP contribution >= 0.6 is 0 Å². The molecule has 0 spiro atoms. The van der Waals surface area contributed by atoms with Gasteiger partial charge in [-0.2, -0.15) is 0 Å². The van der Waals surface area contributed by atoms with Crippen molar-refractivity contribution < 1.29 is 9.59 Å². The maximum Gasteiger partial charge on any atom is 0.221 e. The number of carbonyl (C=O) groups is 2. The van der Waals surface area contributed by atoms with Gasteiger partial charge in [-0.25, -0.2) is 0 Å². The highest BCUT2D eigenvalue weighted by Gasteiger charge is 2.07. The van der Waals surface area contributed by atoms with Crippen LogP contribution < -0.4 is 10.6 Å². The van der Waals surface area contributed by atoms with E-state index in [1.165, 1.54) is 13.8 Å². The van der Waals surface area contributed by atoms with E-state index in [4.69, 9.17) is 0 Å². The molecule has 104 valence electrons. The highest BCUT2D eigenvalue weighted by Crippen LogP contribution is 2.27. The standard InChI is InChI=1S/C16H18N2O2/c1-11(19)17-10-9-14-6-3-5-13-7-4-8-15(16(13)14)18-12(2)20/h3-8H,9-10H2,1-2H3,(H,17,19)(H,18,20). The maximum absolute atomic E-state index is 11.3. The van der Waals surface area contributed by atoms with Gasteiger partial charge in [0.1, 0.15) is 0 Å². The highest BCUT2D eigenvalue weighted by atomic mass is 16.2. The van der Waals surface area contributed by atoms with Gasteiger partial charge in [0.05, 0.1) is 0 Å². The molecule has 0 aliphatic carbocycles. The van der Waals surface area contributed by atoms with Crippen LogP contribution in [0.1, 0.15) is 19.4 Å². The number of benzene rings is 2. The third-order valence-electron chi connectivity index (χ3n) is 3.07. The minimum absolute atomic E-state index is 0.0349. The predicted octanol–water partition coefficient (Wildman–Crippen LogP) is 2.48. The number of rotatable bonds is 4. The Kier molecular flexibility index (Phi) is 4.35. The van der Waals surface area contributed by atoms with Crippen LogP contribution in [0.3, 0.4) is 0 Å². The van der Waals surface area contributed by atoms with Crippen molar-refractivity contribution in [3.8, 4) is 0 Å². The van der Waals surface area contributed by atoms with E-state index in [1.807, 2.05) is 36.4 Å². The number of hydrogen-bond acceptors (Lipinski definition) is 2. The highest BCUT2D eigenvalue weighted by molar-refractivity contribution is 6.03. The van der Waals surface area contributed by atoms with Crippen LogP contribution in [0.25, 0.3) is 10.8 Å². The lowest BCUT2D eigenvalue weighted by molar-refractivity contribution is -0.119. The number of hydrogen-bond donors (Lipinski definition) is 2. The summed E-state index contributed by atoms with van der Waals surface area (Å²) < 4.78 is 0. The minimum atomic E-state index is -0.0887. The van der Waals surface area contributed by atoms with Gasteiger partial charge in [0.25, 0.3) is 0 Å². The van der Waals surface area contributed by atoms with Crippen molar-refractivity contribution in [2.24, 2.45) is 0 Å². The van der Waals surface area contributed by atoms with Crippen molar-refractivity contribution in [2.75, 3.05) is 11.9 Å². The van der Waals surface area contributed by atoms with Crippen molar-refractivity contribution in [3.05, 3.63) is 42.0 Å². The Hall–Kier alpha value is -2.36. The fraction of sp³-hybridized carbons (Fsp3) is 0.250. The minimum Gasteiger partial charge on any atom is -0.356 e. The summed E-state index contributed by atoms with van der Waals surface area (Å²) in [4.78, 5) is 22.2. The Morgan fingerprint density at radius 2 is 1.70 bits per heavy atom. The van der Waals surface area contributed by atoms with E-state index in [0.717, 1.165) is 28.4 Å². The summed E-state index contributed by atoms with van der Waals surface area (Å²) in [6, 6.07) is 11.9. The first-order valence-electron chi connectivity index (χ1n) is 6.60. The molecule has 20 heavy (non-hydrogen) atoms. The second kappa shape index (κ2) is 6.19. The van der Waals surface area contributed by atoms with Crippen LogP contribution in [0.2, 0.25) is 0 Å². The summed E-state index contributed by atoms with van der Waals surface area (Å²) in [5, 5.41) is 7.77. The molecule has 2 aromatic carbocycles. The number of nitrogens with one attached hydrogen (secondary N) is 2. The zero-order valence-electron chi connectivity index (χ0n) is 11.7. The topological polar surface area (TPSA) is 58.2 Å². The van der Waals surface area contributed by atoms with Gasteiger partial charge in [-0.1, -0.05) is 30.3 Å². The van der Waals surface area contributed by atoms with Gasteiger partial charge in [-0.05, 0) is 23.4 Å². The molecule has 0 fully saturated rings. The predicted molar refractivity (Wildman–Crippen MR) is 80.6 cm³/mol. The monoisotopic (exact) mass is 270 g/mol. The molecule has 0 saturated heterocycles. The Labute approximate surface area is 118 Å². The summed E-state index contributed by atoms with van der Waals surface area (Å²) in [5.74, 6) is -0.124. The van der Waals surface area contributed by atoms with Crippen LogP contribution in [0.4, 0.5) is 5.69 Å². The second-order valence-corrected chi connectivity index (χ2v) is 4.73. The molecule has 0 aliphatic rings. The largest absolute Gasteiger partial charge is 0.356 e. The van der Waals surface area contributed by atoms with Crippen molar-refractivity contribution in [1.29, 1.82) is 0 Å². The molecule has 4 heteroatoms. The third-order valence-corrected chi connectivity index (χ3v) is 3.07. The molecular weight excluding hydrogens is 252 g/mol.